The molecular formula is C14H20N2O4S. The molecule has 0 radical (unpaired) electrons. The molecule has 0 aliphatic rings. The Bertz CT molecular complexity index is 594. The molecule has 0 aliphatic heterocycles. The first-order valence-electron chi connectivity index (χ1n) is 6.59. The lowest BCUT2D eigenvalue weighted by molar-refractivity contribution is -0.121. The summed E-state index contributed by atoms with van der Waals surface area (Å²) in [6, 6.07) is 7.19. The van der Waals surface area contributed by atoms with Crippen molar-refractivity contribution in [2.75, 3.05) is 19.3 Å². The topological polar surface area (TPSA) is 92.3 Å². The lowest BCUT2D eigenvalue weighted by atomic mass is 10.1. The molecule has 0 spiro atoms. The van der Waals surface area contributed by atoms with E-state index in [0.717, 1.165) is 11.8 Å². The Balaban J connectivity index is 2.26. The quantitative estimate of drug-likeness (QED) is 0.544. The number of carbonyl (C=O) groups excluding carboxylic acids is 2. The molecule has 0 aliphatic carbocycles. The molecule has 0 saturated heterocycles. The summed E-state index contributed by atoms with van der Waals surface area (Å²) >= 11 is 0. The molecule has 1 rings (SSSR count). The Morgan fingerprint density at radius 2 is 1.67 bits per heavy atom. The molecule has 21 heavy (non-hydrogen) atoms. The van der Waals surface area contributed by atoms with Crippen LogP contribution in [0.1, 0.15) is 28.8 Å². The van der Waals surface area contributed by atoms with E-state index in [2.05, 4.69) is 10.0 Å². The summed E-state index contributed by atoms with van der Waals surface area (Å²) in [4.78, 5) is 23.4. The molecule has 0 unspecified atom stereocenters. The number of sulfonamides is 1. The number of hydrogen-bond donors (Lipinski definition) is 2. The van der Waals surface area contributed by atoms with Gasteiger partial charge in [-0.3, -0.25) is 9.59 Å². The second-order valence-electron chi connectivity index (χ2n) is 4.81. The van der Waals surface area contributed by atoms with Crippen LogP contribution in [0.25, 0.3) is 0 Å². The third-order valence-electron chi connectivity index (χ3n) is 2.76. The first-order valence-corrected chi connectivity index (χ1v) is 8.48. The van der Waals surface area contributed by atoms with Gasteiger partial charge in [0, 0.05) is 31.5 Å². The number of rotatable bonds is 8. The lowest BCUT2D eigenvalue weighted by Crippen LogP contribution is -2.34. The second kappa shape index (κ2) is 7.90. The molecule has 0 heterocycles. The van der Waals surface area contributed by atoms with Crippen LogP contribution in [0.2, 0.25) is 0 Å². The molecule has 7 heteroatoms. The van der Waals surface area contributed by atoms with Gasteiger partial charge in [0.15, 0.2) is 5.78 Å². The summed E-state index contributed by atoms with van der Waals surface area (Å²) in [5.41, 5.74) is 1.66. The Morgan fingerprint density at radius 1 is 1.05 bits per heavy atom. The minimum Gasteiger partial charge on any atom is -0.355 e. The van der Waals surface area contributed by atoms with E-state index in [1.807, 2.05) is 19.1 Å². The number of hydrogen-bond acceptors (Lipinski definition) is 4. The van der Waals surface area contributed by atoms with Crippen molar-refractivity contribution < 1.29 is 18.0 Å². The van der Waals surface area contributed by atoms with Crippen LogP contribution in [-0.2, 0) is 14.8 Å². The van der Waals surface area contributed by atoms with E-state index in [-0.39, 0.29) is 37.6 Å². The molecule has 0 saturated carbocycles. The average Bonchev–Trinajstić information content (AvgIpc) is 2.41. The van der Waals surface area contributed by atoms with Crippen LogP contribution in [0.5, 0.6) is 0 Å². The summed E-state index contributed by atoms with van der Waals surface area (Å²) in [7, 11) is -3.24. The van der Waals surface area contributed by atoms with Crippen LogP contribution in [-0.4, -0.2) is 39.5 Å². The van der Waals surface area contributed by atoms with Crippen molar-refractivity contribution in [1.29, 1.82) is 0 Å². The number of benzene rings is 1. The average molecular weight is 312 g/mol. The number of carbonyl (C=O) groups is 2. The summed E-state index contributed by atoms with van der Waals surface area (Å²) in [5, 5.41) is 2.55. The molecule has 2 N–H and O–H groups in total. The number of amides is 1. The van der Waals surface area contributed by atoms with Crippen molar-refractivity contribution in [3.05, 3.63) is 35.4 Å². The zero-order valence-electron chi connectivity index (χ0n) is 12.2. The van der Waals surface area contributed by atoms with Gasteiger partial charge in [-0.2, -0.15) is 0 Å². The second-order valence-corrected chi connectivity index (χ2v) is 6.64. The fraction of sp³-hybridized carbons (Fsp3) is 0.429. The molecule has 0 atom stereocenters. The van der Waals surface area contributed by atoms with Gasteiger partial charge >= 0.3 is 0 Å². The Morgan fingerprint density at radius 3 is 2.24 bits per heavy atom. The molecule has 116 valence electrons. The predicted molar refractivity (Wildman–Crippen MR) is 80.6 cm³/mol. The maximum atomic E-state index is 11.9. The maximum absolute atomic E-state index is 11.9. The van der Waals surface area contributed by atoms with Gasteiger partial charge in [-0.1, -0.05) is 29.8 Å². The van der Waals surface area contributed by atoms with Gasteiger partial charge in [0.05, 0.1) is 6.26 Å². The van der Waals surface area contributed by atoms with E-state index in [4.69, 9.17) is 0 Å². The van der Waals surface area contributed by atoms with E-state index in [1.165, 1.54) is 0 Å². The minimum absolute atomic E-state index is 0.0839. The Labute approximate surface area is 125 Å². The molecule has 0 aromatic heterocycles. The number of Topliss-reactive ketones (excluding diaryl/α,β-unsaturated/α-hetero) is 1. The van der Waals surface area contributed by atoms with Crippen molar-refractivity contribution >= 4 is 21.7 Å². The highest BCUT2D eigenvalue weighted by molar-refractivity contribution is 7.88. The van der Waals surface area contributed by atoms with Crippen LogP contribution < -0.4 is 10.0 Å². The third kappa shape index (κ3) is 7.57. The summed E-state index contributed by atoms with van der Waals surface area (Å²) < 4.78 is 23.9. The molecule has 1 aromatic rings. The molecule has 0 fully saturated rings. The van der Waals surface area contributed by atoms with Crippen LogP contribution >= 0.6 is 0 Å². The molecule has 1 aromatic carbocycles. The van der Waals surface area contributed by atoms with Gasteiger partial charge in [-0.25, -0.2) is 13.1 Å². The van der Waals surface area contributed by atoms with Crippen molar-refractivity contribution in [2.24, 2.45) is 0 Å². The molecule has 6 nitrogen and oxygen atoms in total. The summed E-state index contributed by atoms with van der Waals surface area (Å²) in [6.45, 7) is 2.27. The summed E-state index contributed by atoms with van der Waals surface area (Å²) in [5.74, 6) is -0.356. The third-order valence-corrected chi connectivity index (χ3v) is 3.49. The highest BCUT2D eigenvalue weighted by Gasteiger charge is 2.09. The van der Waals surface area contributed by atoms with Crippen molar-refractivity contribution in [2.45, 2.75) is 19.8 Å². The predicted octanol–water partition coefficient (Wildman–Crippen LogP) is 0.623. The van der Waals surface area contributed by atoms with Crippen LogP contribution in [0, 0.1) is 6.92 Å². The van der Waals surface area contributed by atoms with Gasteiger partial charge in [-0.05, 0) is 6.92 Å². The van der Waals surface area contributed by atoms with Crippen molar-refractivity contribution in [1.82, 2.24) is 10.0 Å². The van der Waals surface area contributed by atoms with Gasteiger partial charge in [0.2, 0.25) is 15.9 Å². The van der Waals surface area contributed by atoms with Crippen LogP contribution in [0.4, 0.5) is 0 Å². The van der Waals surface area contributed by atoms with E-state index in [1.54, 1.807) is 12.1 Å². The minimum atomic E-state index is -3.24. The van der Waals surface area contributed by atoms with E-state index in [9.17, 15) is 18.0 Å². The SMILES string of the molecule is Cc1ccc(C(=O)CCC(=O)NCCNS(C)(=O)=O)cc1. The largest absolute Gasteiger partial charge is 0.355 e. The molecular weight excluding hydrogens is 292 g/mol. The van der Waals surface area contributed by atoms with Crippen molar-refractivity contribution in [3.63, 3.8) is 0 Å². The fourth-order valence-corrected chi connectivity index (χ4v) is 2.11. The van der Waals surface area contributed by atoms with Gasteiger partial charge in [0.25, 0.3) is 0 Å². The molecule has 1 amide bonds. The van der Waals surface area contributed by atoms with Gasteiger partial charge < -0.3 is 5.32 Å². The monoisotopic (exact) mass is 312 g/mol. The van der Waals surface area contributed by atoms with Crippen LogP contribution in [0.3, 0.4) is 0 Å². The lowest BCUT2D eigenvalue weighted by Gasteiger charge is -2.05. The first-order chi connectivity index (χ1) is 9.78. The number of ketones is 1. The zero-order valence-corrected chi connectivity index (χ0v) is 13.0. The van der Waals surface area contributed by atoms with Crippen molar-refractivity contribution in [3.8, 4) is 0 Å². The maximum Gasteiger partial charge on any atom is 0.220 e. The Kier molecular flexibility index (Phi) is 6.51. The highest BCUT2D eigenvalue weighted by Crippen LogP contribution is 2.07. The summed E-state index contributed by atoms with van der Waals surface area (Å²) in [6.07, 6.45) is 1.27. The highest BCUT2D eigenvalue weighted by atomic mass is 32.2. The van der Waals surface area contributed by atoms with Gasteiger partial charge in [0.1, 0.15) is 0 Å². The number of nitrogens with one attached hydrogen (secondary N) is 2. The first kappa shape index (κ1) is 17.3. The zero-order chi connectivity index (χ0) is 15.9. The standard InChI is InChI=1S/C14H20N2O4S/c1-11-3-5-12(6-4-11)13(17)7-8-14(18)15-9-10-16-21(2,19)20/h3-6,16H,7-10H2,1-2H3,(H,15,18). The van der Waals surface area contributed by atoms with E-state index >= 15 is 0 Å². The van der Waals surface area contributed by atoms with Gasteiger partial charge in [-0.15, -0.1) is 0 Å². The molecule has 0 bridgehead atoms. The van der Waals surface area contributed by atoms with Crippen LogP contribution in [0.15, 0.2) is 24.3 Å². The normalized spacial score (nSPS) is 11.1. The smallest absolute Gasteiger partial charge is 0.220 e. The van der Waals surface area contributed by atoms with E-state index in [0.29, 0.717) is 5.56 Å². The number of aryl methyl sites for hydroxylation is 1. The Hall–Kier alpha value is -1.73. The fourth-order valence-electron chi connectivity index (χ4n) is 1.64. The van der Waals surface area contributed by atoms with E-state index < -0.39 is 10.0 Å².